The summed E-state index contributed by atoms with van der Waals surface area (Å²) in [5.74, 6) is -2.50. The molecule has 3 rings (SSSR count). The van der Waals surface area contributed by atoms with Gasteiger partial charge in [0.2, 0.25) is 5.91 Å². The van der Waals surface area contributed by atoms with Gasteiger partial charge in [0.05, 0.1) is 12.5 Å². The molecule has 2 amide bonds. The zero-order valence-electron chi connectivity index (χ0n) is 17.9. The molecule has 0 unspecified atom stereocenters. The summed E-state index contributed by atoms with van der Waals surface area (Å²) in [4.78, 5) is 49.1. The summed E-state index contributed by atoms with van der Waals surface area (Å²) >= 11 is 0. The molecule has 0 saturated carbocycles. The maximum absolute atomic E-state index is 12.5. The maximum atomic E-state index is 12.5. The number of hydrogen-bond acceptors (Lipinski definition) is 5. The Morgan fingerprint density at radius 2 is 1.65 bits per heavy atom. The van der Waals surface area contributed by atoms with Crippen LogP contribution < -0.4 is 5.43 Å². The molecule has 1 aliphatic rings. The Morgan fingerprint density at radius 1 is 1.00 bits per heavy atom. The lowest BCUT2D eigenvalue weighted by molar-refractivity contribution is -0.147. The minimum absolute atomic E-state index is 0.00298. The van der Waals surface area contributed by atoms with Crippen LogP contribution in [-0.2, 0) is 19.7 Å². The van der Waals surface area contributed by atoms with Gasteiger partial charge in [-0.25, -0.2) is 0 Å². The lowest BCUT2D eigenvalue weighted by atomic mass is 9.87. The first-order valence-corrected chi connectivity index (χ1v) is 10.1. The van der Waals surface area contributed by atoms with Crippen LogP contribution in [-0.4, -0.2) is 41.7 Å². The number of hydrogen-bond donors (Lipinski definition) is 1. The number of esters is 1. The molecular formula is C24H26N2O5. The predicted molar refractivity (Wildman–Crippen MR) is 114 cm³/mol. The molecule has 0 spiro atoms. The van der Waals surface area contributed by atoms with E-state index in [4.69, 9.17) is 4.74 Å². The lowest BCUT2D eigenvalue weighted by Crippen LogP contribution is -2.43. The average Bonchev–Trinajstić information content (AvgIpc) is 3.12. The number of Topliss-reactive ketones (excluding diaryl/α,β-unsaturated/α-hetero) is 1. The van der Waals surface area contributed by atoms with E-state index in [0.29, 0.717) is 11.1 Å². The molecule has 2 aromatic carbocycles. The van der Waals surface area contributed by atoms with E-state index in [0.717, 1.165) is 10.6 Å². The second kappa shape index (κ2) is 9.12. The van der Waals surface area contributed by atoms with Crippen molar-refractivity contribution in [3.8, 4) is 0 Å². The topological polar surface area (TPSA) is 92.8 Å². The van der Waals surface area contributed by atoms with Crippen molar-refractivity contribution < 1.29 is 23.9 Å². The number of ketones is 1. The normalized spacial score (nSPS) is 16.2. The Morgan fingerprint density at radius 3 is 2.26 bits per heavy atom. The summed E-state index contributed by atoms with van der Waals surface area (Å²) in [5.41, 5.74) is 4.47. The molecule has 1 atom stereocenters. The second-order valence-electron chi connectivity index (χ2n) is 8.57. The highest BCUT2D eigenvalue weighted by molar-refractivity contribution is 5.99. The summed E-state index contributed by atoms with van der Waals surface area (Å²) in [6, 6.07) is 15.7. The van der Waals surface area contributed by atoms with E-state index in [1.54, 1.807) is 42.5 Å². The summed E-state index contributed by atoms with van der Waals surface area (Å²) < 4.78 is 5.09. The third kappa shape index (κ3) is 5.57. The molecule has 162 valence electrons. The SMILES string of the molecule is CC(C)(C)c1ccc(C(=O)NN2C[C@H](C(=O)OCC(=O)c3ccccc3)CC2=O)cc1. The molecule has 1 N–H and O–H groups in total. The Labute approximate surface area is 181 Å². The van der Waals surface area contributed by atoms with Crippen molar-refractivity contribution in [2.24, 2.45) is 5.92 Å². The first-order chi connectivity index (χ1) is 14.6. The highest BCUT2D eigenvalue weighted by Gasteiger charge is 2.36. The number of hydrazine groups is 1. The Bertz CT molecular complexity index is 977. The van der Waals surface area contributed by atoms with Crippen LogP contribution >= 0.6 is 0 Å². The number of nitrogens with one attached hydrogen (secondary N) is 1. The molecule has 1 saturated heterocycles. The minimum atomic E-state index is -0.736. The van der Waals surface area contributed by atoms with Gasteiger partial charge in [0, 0.05) is 17.5 Å². The number of carbonyl (C=O) groups excluding carboxylic acids is 4. The molecule has 0 aliphatic carbocycles. The Hall–Kier alpha value is -3.48. The molecule has 1 aliphatic heterocycles. The molecule has 1 fully saturated rings. The zero-order chi connectivity index (χ0) is 22.6. The smallest absolute Gasteiger partial charge is 0.311 e. The zero-order valence-corrected chi connectivity index (χ0v) is 17.9. The van der Waals surface area contributed by atoms with Crippen molar-refractivity contribution in [3.63, 3.8) is 0 Å². The fourth-order valence-corrected chi connectivity index (χ4v) is 3.24. The van der Waals surface area contributed by atoms with Gasteiger partial charge >= 0.3 is 5.97 Å². The predicted octanol–water partition coefficient (Wildman–Crippen LogP) is 2.90. The van der Waals surface area contributed by atoms with Gasteiger partial charge in [0.1, 0.15) is 0 Å². The minimum Gasteiger partial charge on any atom is -0.457 e. The van der Waals surface area contributed by atoms with E-state index in [2.05, 4.69) is 26.2 Å². The molecular weight excluding hydrogens is 396 g/mol. The summed E-state index contributed by atoms with van der Waals surface area (Å²) in [7, 11) is 0. The quantitative estimate of drug-likeness (QED) is 0.571. The van der Waals surface area contributed by atoms with Crippen LogP contribution in [0.2, 0.25) is 0 Å². The van der Waals surface area contributed by atoms with E-state index in [9.17, 15) is 19.2 Å². The third-order valence-corrected chi connectivity index (χ3v) is 5.15. The number of nitrogens with zero attached hydrogens (tertiary/aromatic N) is 1. The summed E-state index contributed by atoms with van der Waals surface area (Å²) in [5, 5.41) is 1.13. The Kier molecular flexibility index (Phi) is 6.53. The van der Waals surface area contributed by atoms with Gasteiger partial charge in [-0.1, -0.05) is 63.2 Å². The molecule has 0 bridgehead atoms. The van der Waals surface area contributed by atoms with Crippen molar-refractivity contribution in [1.29, 1.82) is 0 Å². The van der Waals surface area contributed by atoms with Gasteiger partial charge in [-0.2, -0.15) is 0 Å². The van der Waals surface area contributed by atoms with Gasteiger partial charge in [-0.05, 0) is 23.1 Å². The molecule has 0 aromatic heterocycles. The number of ether oxygens (including phenoxy) is 1. The first-order valence-electron chi connectivity index (χ1n) is 10.1. The summed E-state index contributed by atoms with van der Waals surface area (Å²) in [6.45, 7) is 5.86. The fourth-order valence-electron chi connectivity index (χ4n) is 3.24. The van der Waals surface area contributed by atoms with Crippen LogP contribution in [0.5, 0.6) is 0 Å². The highest BCUT2D eigenvalue weighted by atomic mass is 16.5. The van der Waals surface area contributed by atoms with Crippen molar-refractivity contribution in [2.45, 2.75) is 32.6 Å². The number of amides is 2. The van der Waals surface area contributed by atoms with E-state index in [-0.39, 0.29) is 36.7 Å². The van der Waals surface area contributed by atoms with Gasteiger partial charge in [-0.3, -0.25) is 29.6 Å². The third-order valence-electron chi connectivity index (χ3n) is 5.15. The van der Waals surface area contributed by atoms with Crippen LogP contribution in [0.3, 0.4) is 0 Å². The van der Waals surface area contributed by atoms with E-state index < -0.39 is 17.8 Å². The maximum Gasteiger partial charge on any atom is 0.311 e. The van der Waals surface area contributed by atoms with Gasteiger partial charge < -0.3 is 4.74 Å². The van der Waals surface area contributed by atoms with Crippen molar-refractivity contribution in [3.05, 3.63) is 71.3 Å². The first kappa shape index (κ1) is 22.2. The average molecular weight is 422 g/mol. The lowest BCUT2D eigenvalue weighted by Gasteiger charge is -2.20. The molecule has 31 heavy (non-hydrogen) atoms. The largest absolute Gasteiger partial charge is 0.457 e. The van der Waals surface area contributed by atoms with Crippen LogP contribution in [0.1, 0.15) is 53.5 Å². The van der Waals surface area contributed by atoms with Crippen LogP contribution in [0, 0.1) is 5.92 Å². The van der Waals surface area contributed by atoms with E-state index in [1.807, 2.05) is 12.1 Å². The Balaban J connectivity index is 1.53. The monoisotopic (exact) mass is 422 g/mol. The van der Waals surface area contributed by atoms with Gasteiger partial charge in [-0.15, -0.1) is 0 Å². The van der Waals surface area contributed by atoms with Crippen LogP contribution in [0.15, 0.2) is 54.6 Å². The highest BCUT2D eigenvalue weighted by Crippen LogP contribution is 2.22. The molecule has 2 aromatic rings. The number of benzene rings is 2. The molecule has 1 heterocycles. The van der Waals surface area contributed by atoms with Crippen LogP contribution in [0.25, 0.3) is 0 Å². The van der Waals surface area contributed by atoms with E-state index >= 15 is 0 Å². The van der Waals surface area contributed by atoms with Gasteiger partial charge in [0.25, 0.3) is 5.91 Å². The summed E-state index contributed by atoms with van der Waals surface area (Å²) in [6.07, 6.45) is -0.0817. The molecule has 7 nitrogen and oxygen atoms in total. The standard InChI is InChI=1S/C24H26N2O5/c1-24(2,3)19-11-9-17(10-12-19)22(29)25-26-14-18(13-21(26)28)23(30)31-15-20(27)16-7-5-4-6-8-16/h4-12,18H,13-15H2,1-3H3,(H,25,29)/t18-/m1/s1. The molecule has 7 heteroatoms. The van der Waals surface area contributed by atoms with Crippen molar-refractivity contribution in [2.75, 3.05) is 13.2 Å². The molecule has 0 radical (unpaired) electrons. The van der Waals surface area contributed by atoms with E-state index in [1.165, 1.54) is 0 Å². The second-order valence-corrected chi connectivity index (χ2v) is 8.57. The van der Waals surface area contributed by atoms with Gasteiger partial charge in [0.15, 0.2) is 12.4 Å². The van der Waals surface area contributed by atoms with Crippen LogP contribution in [0.4, 0.5) is 0 Å². The fraction of sp³-hybridized carbons (Fsp3) is 0.333. The van der Waals surface area contributed by atoms with Crippen molar-refractivity contribution in [1.82, 2.24) is 10.4 Å². The number of carbonyl (C=O) groups is 4. The van der Waals surface area contributed by atoms with Crippen molar-refractivity contribution >= 4 is 23.6 Å². The number of rotatable bonds is 6.